The maximum atomic E-state index is 12.9. The summed E-state index contributed by atoms with van der Waals surface area (Å²) >= 11 is 0. The number of carbonyl (C=O) groups excluding carboxylic acids is 2. The van der Waals surface area contributed by atoms with E-state index >= 15 is 0 Å². The summed E-state index contributed by atoms with van der Waals surface area (Å²) in [4.78, 5) is 35.5. The van der Waals surface area contributed by atoms with E-state index in [2.05, 4.69) is 0 Å². The van der Waals surface area contributed by atoms with E-state index in [1.54, 1.807) is 43.3 Å². The molecule has 0 amide bonds. The number of hydrogen-bond acceptors (Lipinski definition) is 5. The van der Waals surface area contributed by atoms with E-state index in [9.17, 15) is 19.7 Å². The summed E-state index contributed by atoms with van der Waals surface area (Å²) in [6, 6.07) is 14.6. The number of nitro groups is 1. The number of hydrogen-bond donors (Lipinski definition) is 0. The van der Waals surface area contributed by atoms with Gasteiger partial charge in [-0.25, -0.2) is 0 Å². The molecular formula is C20H17NO5. The normalized spacial score (nSPS) is 19.2. The van der Waals surface area contributed by atoms with Gasteiger partial charge in [-0.15, -0.1) is 0 Å². The molecule has 26 heavy (non-hydrogen) atoms. The molecule has 0 radical (unpaired) electrons. The third kappa shape index (κ3) is 3.13. The van der Waals surface area contributed by atoms with Crippen LogP contribution < -0.4 is 0 Å². The number of nitrogens with zero attached hydrogens (tertiary/aromatic N) is 1. The van der Waals surface area contributed by atoms with Gasteiger partial charge in [0.1, 0.15) is 5.76 Å². The second kappa shape index (κ2) is 6.92. The topological polar surface area (TPSA) is 86.5 Å². The number of non-ortho nitro benzene ring substituents is 1. The standard InChI is InChI=1S/C20H17NO5/c1-12(22)17-13(2)26-20(19(23)15-6-4-3-5-7-15)18(17)14-8-10-16(11-9-14)21(24)25/h3-11,18,20H,1-2H3/t18-,20-/m1/s1. The average Bonchev–Trinajstić information content (AvgIpc) is 2.99. The number of benzene rings is 2. The fourth-order valence-corrected chi connectivity index (χ4v) is 3.28. The van der Waals surface area contributed by atoms with Crippen LogP contribution in [0.4, 0.5) is 5.69 Å². The molecule has 1 aliphatic rings. The number of Topliss-reactive ketones (excluding diaryl/α,β-unsaturated/α-hetero) is 2. The lowest BCUT2D eigenvalue weighted by molar-refractivity contribution is -0.384. The fraction of sp³-hybridized carbons (Fsp3) is 0.200. The lowest BCUT2D eigenvalue weighted by Gasteiger charge is -2.20. The minimum Gasteiger partial charge on any atom is -0.485 e. The molecule has 0 spiro atoms. The van der Waals surface area contributed by atoms with Gasteiger partial charge in [0.15, 0.2) is 11.9 Å². The molecule has 2 aromatic rings. The molecule has 0 saturated carbocycles. The van der Waals surface area contributed by atoms with Crippen LogP contribution in [0.25, 0.3) is 0 Å². The highest BCUT2D eigenvalue weighted by molar-refractivity contribution is 6.04. The lowest BCUT2D eigenvalue weighted by Crippen LogP contribution is -2.28. The van der Waals surface area contributed by atoms with Gasteiger partial charge in [-0.1, -0.05) is 42.5 Å². The SMILES string of the molecule is CC(=O)C1=C(C)O[C@@H](C(=O)c2ccccc2)[C@@H]1c1ccc([N+](=O)[O-])cc1. The van der Waals surface area contributed by atoms with E-state index in [1.165, 1.54) is 19.1 Å². The van der Waals surface area contributed by atoms with Crippen LogP contribution in [0.15, 0.2) is 65.9 Å². The summed E-state index contributed by atoms with van der Waals surface area (Å²) in [6.45, 7) is 3.09. The van der Waals surface area contributed by atoms with E-state index in [0.717, 1.165) is 0 Å². The van der Waals surface area contributed by atoms with Gasteiger partial charge in [0.2, 0.25) is 5.78 Å². The Kier molecular flexibility index (Phi) is 4.67. The zero-order chi connectivity index (χ0) is 18.8. The van der Waals surface area contributed by atoms with Gasteiger partial charge >= 0.3 is 0 Å². The molecule has 3 rings (SSSR count). The van der Waals surface area contributed by atoms with Crippen molar-refractivity contribution in [3.8, 4) is 0 Å². The Bertz CT molecular complexity index is 900. The van der Waals surface area contributed by atoms with Crippen molar-refractivity contribution < 1.29 is 19.2 Å². The largest absolute Gasteiger partial charge is 0.485 e. The second-order valence-electron chi connectivity index (χ2n) is 6.12. The molecule has 0 N–H and O–H groups in total. The van der Waals surface area contributed by atoms with Gasteiger partial charge in [0, 0.05) is 23.3 Å². The molecule has 2 atom stereocenters. The Balaban J connectivity index is 2.04. The van der Waals surface area contributed by atoms with Crippen molar-refractivity contribution >= 4 is 17.3 Å². The third-order valence-corrected chi connectivity index (χ3v) is 4.46. The van der Waals surface area contributed by atoms with Crippen molar-refractivity contribution in [2.75, 3.05) is 0 Å². The zero-order valence-electron chi connectivity index (χ0n) is 14.3. The number of rotatable bonds is 5. The van der Waals surface area contributed by atoms with Crippen molar-refractivity contribution in [2.45, 2.75) is 25.9 Å². The molecule has 0 unspecified atom stereocenters. The van der Waals surface area contributed by atoms with Gasteiger partial charge in [0.25, 0.3) is 5.69 Å². The van der Waals surface area contributed by atoms with Crippen LogP contribution in [-0.4, -0.2) is 22.6 Å². The number of ketones is 2. The van der Waals surface area contributed by atoms with Gasteiger partial charge < -0.3 is 4.74 Å². The molecule has 2 aromatic carbocycles. The minimum atomic E-state index is -0.877. The van der Waals surface area contributed by atoms with E-state index in [4.69, 9.17) is 4.74 Å². The minimum absolute atomic E-state index is 0.0522. The maximum absolute atomic E-state index is 12.9. The number of allylic oxidation sites excluding steroid dienone is 1. The van der Waals surface area contributed by atoms with Crippen molar-refractivity contribution in [3.05, 3.63) is 87.2 Å². The molecule has 0 aromatic heterocycles. The Morgan fingerprint density at radius 1 is 1.04 bits per heavy atom. The van der Waals surface area contributed by atoms with Gasteiger partial charge in [0.05, 0.1) is 10.8 Å². The summed E-state index contributed by atoms with van der Waals surface area (Å²) in [5, 5.41) is 10.9. The van der Waals surface area contributed by atoms with Crippen LogP contribution in [-0.2, 0) is 9.53 Å². The van der Waals surface area contributed by atoms with Crippen LogP contribution in [0, 0.1) is 10.1 Å². The van der Waals surface area contributed by atoms with Gasteiger partial charge in [-0.2, -0.15) is 0 Å². The predicted molar refractivity (Wildman–Crippen MR) is 94.9 cm³/mol. The smallest absolute Gasteiger partial charge is 0.269 e. The molecule has 0 fully saturated rings. The first-order valence-electron chi connectivity index (χ1n) is 8.12. The summed E-state index contributed by atoms with van der Waals surface area (Å²) in [5.41, 5.74) is 1.49. The summed E-state index contributed by atoms with van der Waals surface area (Å²) in [5.74, 6) is -0.602. The highest BCUT2D eigenvalue weighted by Gasteiger charge is 2.42. The molecule has 0 aliphatic carbocycles. The molecule has 132 valence electrons. The molecular weight excluding hydrogens is 334 g/mol. The van der Waals surface area contributed by atoms with Crippen LogP contribution >= 0.6 is 0 Å². The summed E-state index contributed by atoms with van der Waals surface area (Å²) in [7, 11) is 0. The molecule has 0 bridgehead atoms. The van der Waals surface area contributed by atoms with E-state index in [1.807, 2.05) is 6.07 Å². The summed E-state index contributed by atoms with van der Waals surface area (Å²) in [6.07, 6.45) is -0.877. The van der Waals surface area contributed by atoms with Crippen molar-refractivity contribution in [1.82, 2.24) is 0 Å². The highest BCUT2D eigenvalue weighted by Crippen LogP contribution is 2.41. The summed E-state index contributed by atoms with van der Waals surface area (Å²) < 4.78 is 5.77. The third-order valence-electron chi connectivity index (χ3n) is 4.46. The number of carbonyl (C=O) groups is 2. The number of ether oxygens (including phenoxy) is 1. The zero-order valence-corrected chi connectivity index (χ0v) is 14.3. The average molecular weight is 351 g/mol. The van der Waals surface area contributed by atoms with Crippen LogP contribution in [0.2, 0.25) is 0 Å². The van der Waals surface area contributed by atoms with Crippen molar-refractivity contribution in [3.63, 3.8) is 0 Å². The first kappa shape index (κ1) is 17.5. The maximum Gasteiger partial charge on any atom is 0.269 e. The molecule has 6 nitrogen and oxygen atoms in total. The molecule has 1 aliphatic heterocycles. The molecule has 6 heteroatoms. The first-order valence-corrected chi connectivity index (χ1v) is 8.12. The van der Waals surface area contributed by atoms with Gasteiger partial charge in [-0.05, 0) is 19.4 Å². The van der Waals surface area contributed by atoms with E-state index in [0.29, 0.717) is 22.5 Å². The number of nitro benzene ring substituents is 1. The Labute approximate surface area is 150 Å². The fourth-order valence-electron chi connectivity index (χ4n) is 3.28. The van der Waals surface area contributed by atoms with Crippen molar-refractivity contribution in [1.29, 1.82) is 0 Å². The highest BCUT2D eigenvalue weighted by atomic mass is 16.6. The van der Waals surface area contributed by atoms with Crippen molar-refractivity contribution in [2.24, 2.45) is 0 Å². The van der Waals surface area contributed by atoms with Crippen LogP contribution in [0.5, 0.6) is 0 Å². The first-order chi connectivity index (χ1) is 12.4. The quantitative estimate of drug-likeness (QED) is 0.464. The van der Waals surface area contributed by atoms with Crippen LogP contribution in [0.1, 0.15) is 35.7 Å². The predicted octanol–water partition coefficient (Wildman–Crippen LogP) is 3.82. The van der Waals surface area contributed by atoms with E-state index in [-0.39, 0.29) is 17.3 Å². The van der Waals surface area contributed by atoms with Crippen LogP contribution in [0.3, 0.4) is 0 Å². The Morgan fingerprint density at radius 2 is 1.65 bits per heavy atom. The molecule has 0 saturated heterocycles. The monoisotopic (exact) mass is 351 g/mol. The second-order valence-corrected chi connectivity index (χ2v) is 6.12. The lowest BCUT2D eigenvalue weighted by atomic mass is 9.83. The Hall–Kier alpha value is -3.28. The van der Waals surface area contributed by atoms with E-state index < -0.39 is 16.9 Å². The Morgan fingerprint density at radius 3 is 2.19 bits per heavy atom. The van der Waals surface area contributed by atoms with Gasteiger partial charge in [-0.3, -0.25) is 19.7 Å². The molecule has 1 heterocycles.